The summed E-state index contributed by atoms with van der Waals surface area (Å²) in [5.74, 6) is -3.42. The predicted molar refractivity (Wildman–Crippen MR) is 95.1 cm³/mol. The Balaban J connectivity index is 1.71. The largest absolute Gasteiger partial charge is 0.372 e. The minimum atomic E-state index is -2.91. The van der Waals surface area contributed by atoms with Crippen LogP contribution in [0.1, 0.15) is 47.6 Å². The molecule has 2 aromatic carbocycles. The molecule has 2 aliphatic rings. The quantitative estimate of drug-likeness (QED) is 0.849. The van der Waals surface area contributed by atoms with Gasteiger partial charge in [0.25, 0.3) is 5.92 Å². The summed E-state index contributed by atoms with van der Waals surface area (Å²) in [5, 5.41) is 12.1. The standard InChI is InChI=1S/C21H18F3N3/c1-21(23,24)15-4-2-3-14(8-15)17-9-19(27-12-26-11-20(17)27)16-6-5-13(10-25)7-18(16)22/h2-8,11,17,19,26H,9,12H2,1H3/t17?,19-/m1/s1. The van der Waals surface area contributed by atoms with Gasteiger partial charge >= 0.3 is 0 Å². The lowest BCUT2D eigenvalue weighted by atomic mass is 9.90. The first-order valence-corrected chi connectivity index (χ1v) is 8.76. The maximum absolute atomic E-state index is 14.6. The predicted octanol–water partition coefficient (Wildman–Crippen LogP) is 4.74. The molecule has 2 atom stereocenters. The van der Waals surface area contributed by atoms with Crippen molar-refractivity contribution in [1.82, 2.24) is 10.2 Å². The van der Waals surface area contributed by atoms with Gasteiger partial charge in [0.1, 0.15) is 5.82 Å². The number of alkyl halides is 2. The molecule has 0 aromatic heterocycles. The molecule has 27 heavy (non-hydrogen) atoms. The van der Waals surface area contributed by atoms with Crippen LogP contribution in [0.3, 0.4) is 0 Å². The summed E-state index contributed by atoms with van der Waals surface area (Å²) in [6, 6.07) is 12.7. The third kappa shape index (κ3) is 3.03. The Morgan fingerprint density at radius 3 is 2.74 bits per heavy atom. The van der Waals surface area contributed by atoms with Crippen molar-refractivity contribution in [2.24, 2.45) is 0 Å². The zero-order chi connectivity index (χ0) is 19.2. The van der Waals surface area contributed by atoms with Gasteiger partial charge < -0.3 is 10.2 Å². The first kappa shape index (κ1) is 17.5. The van der Waals surface area contributed by atoms with Gasteiger partial charge in [0.15, 0.2) is 0 Å². The van der Waals surface area contributed by atoms with Crippen LogP contribution >= 0.6 is 0 Å². The highest BCUT2D eigenvalue weighted by molar-refractivity contribution is 5.41. The number of benzene rings is 2. The highest BCUT2D eigenvalue weighted by atomic mass is 19.3. The van der Waals surface area contributed by atoms with Crippen molar-refractivity contribution in [1.29, 1.82) is 5.26 Å². The zero-order valence-electron chi connectivity index (χ0n) is 14.7. The summed E-state index contributed by atoms with van der Waals surface area (Å²) in [5.41, 5.74) is 2.54. The number of nitriles is 1. The van der Waals surface area contributed by atoms with E-state index < -0.39 is 11.7 Å². The molecule has 1 N–H and O–H groups in total. The number of fused-ring (bicyclic) bond motifs is 1. The SMILES string of the molecule is CC(F)(F)c1cccc(C2C[C@H](c3ccc(C#N)cc3F)N3CNC=C23)c1. The van der Waals surface area contributed by atoms with Gasteiger partial charge in [-0.1, -0.05) is 24.3 Å². The van der Waals surface area contributed by atoms with Gasteiger partial charge in [0, 0.05) is 35.9 Å². The maximum Gasteiger partial charge on any atom is 0.270 e. The van der Waals surface area contributed by atoms with E-state index in [2.05, 4.69) is 10.2 Å². The van der Waals surface area contributed by atoms with Crippen molar-refractivity contribution in [2.75, 3.05) is 6.67 Å². The Labute approximate surface area is 155 Å². The van der Waals surface area contributed by atoms with Gasteiger partial charge in [-0.2, -0.15) is 5.26 Å². The van der Waals surface area contributed by atoms with Crippen LogP contribution in [0.2, 0.25) is 0 Å². The van der Waals surface area contributed by atoms with E-state index in [0.29, 0.717) is 18.7 Å². The minimum Gasteiger partial charge on any atom is -0.372 e. The van der Waals surface area contributed by atoms with Crippen molar-refractivity contribution < 1.29 is 13.2 Å². The molecular formula is C21H18F3N3. The van der Waals surface area contributed by atoms with E-state index in [1.807, 2.05) is 18.3 Å². The third-order valence-electron chi connectivity index (χ3n) is 5.32. The average molecular weight is 369 g/mol. The molecule has 2 heterocycles. The van der Waals surface area contributed by atoms with Crippen LogP contribution < -0.4 is 5.32 Å². The summed E-state index contributed by atoms with van der Waals surface area (Å²) in [4.78, 5) is 2.06. The number of nitrogens with zero attached hydrogens (tertiary/aromatic N) is 2. The number of nitrogens with one attached hydrogen (secondary N) is 1. The summed E-state index contributed by atoms with van der Waals surface area (Å²) >= 11 is 0. The lowest BCUT2D eigenvalue weighted by molar-refractivity contribution is 0.0174. The fraction of sp³-hybridized carbons (Fsp3) is 0.286. The normalized spacial score (nSPS) is 21.4. The van der Waals surface area contributed by atoms with E-state index in [1.165, 1.54) is 12.1 Å². The molecule has 2 aliphatic heterocycles. The summed E-state index contributed by atoms with van der Waals surface area (Å²) in [6.07, 6.45) is 2.47. The first-order chi connectivity index (χ1) is 12.9. The molecule has 6 heteroatoms. The number of hydrogen-bond acceptors (Lipinski definition) is 3. The lowest BCUT2D eigenvalue weighted by Crippen LogP contribution is -2.24. The molecule has 0 spiro atoms. The highest BCUT2D eigenvalue weighted by Gasteiger charge is 2.41. The van der Waals surface area contributed by atoms with Gasteiger partial charge in [-0.15, -0.1) is 0 Å². The maximum atomic E-state index is 14.6. The van der Waals surface area contributed by atoms with Crippen LogP contribution in [-0.4, -0.2) is 11.6 Å². The van der Waals surface area contributed by atoms with E-state index in [-0.39, 0.29) is 23.1 Å². The fourth-order valence-corrected chi connectivity index (χ4v) is 3.98. The Hall–Kier alpha value is -2.94. The molecule has 0 bridgehead atoms. The molecule has 1 unspecified atom stereocenters. The number of halogens is 3. The zero-order valence-corrected chi connectivity index (χ0v) is 14.7. The summed E-state index contributed by atoms with van der Waals surface area (Å²) < 4.78 is 42.1. The second-order valence-corrected chi connectivity index (χ2v) is 7.07. The van der Waals surface area contributed by atoms with Crippen LogP contribution in [0.5, 0.6) is 0 Å². The van der Waals surface area contributed by atoms with Gasteiger partial charge in [0.2, 0.25) is 0 Å². The molecule has 4 rings (SSSR count). The average Bonchev–Trinajstić information content (AvgIpc) is 3.24. The van der Waals surface area contributed by atoms with Gasteiger partial charge in [-0.3, -0.25) is 0 Å². The van der Waals surface area contributed by atoms with E-state index in [9.17, 15) is 13.2 Å². The smallest absolute Gasteiger partial charge is 0.270 e. The number of rotatable bonds is 3. The minimum absolute atomic E-state index is 0.0221. The molecule has 0 radical (unpaired) electrons. The highest BCUT2D eigenvalue weighted by Crippen LogP contribution is 2.49. The Bertz CT molecular complexity index is 956. The number of allylic oxidation sites excluding steroid dienone is 1. The van der Waals surface area contributed by atoms with Crippen molar-refractivity contribution in [3.8, 4) is 6.07 Å². The van der Waals surface area contributed by atoms with Crippen molar-refractivity contribution >= 4 is 0 Å². The molecule has 0 amide bonds. The monoisotopic (exact) mass is 369 g/mol. The molecule has 2 aromatic rings. The van der Waals surface area contributed by atoms with E-state index >= 15 is 0 Å². The molecule has 1 saturated heterocycles. The third-order valence-corrected chi connectivity index (χ3v) is 5.32. The van der Waals surface area contributed by atoms with Crippen LogP contribution in [0.4, 0.5) is 13.2 Å². The second kappa shape index (κ2) is 6.34. The van der Waals surface area contributed by atoms with Gasteiger partial charge in [-0.25, -0.2) is 13.2 Å². The van der Waals surface area contributed by atoms with Crippen molar-refractivity contribution in [2.45, 2.75) is 31.2 Å². The van der Waals surface area contributed by atoms with Crippen molar-refractivity contribution in [3.63, 3.8) is 0 Å². The van der Waals surface area contributed by atoms with E-state index in [1.54, 1.807) is 24.3 Å². The molecule has 0 saturated carbocycles. The topological polar surface area (TPSA) is 39.1 Å². The first-order valence-electron chi connectivity index (χ1n) is 8.76. The van der Waals surface area contributed by atoms with E-state index in [0.717, 1.165) is 18.2 Å². The summed E-state index contributed by atoms with van der Waals surface area (Å²) in [6.45, 7) is 1.43. The van der Waals surface area contributed by atoms with Crippen molar-refractivity contribution in [3.05, 3.63) is 82.4 Å². The lowest BCUT2D eigenvalue weighted by Gasteiger charge is -2.24. The van der Waals surface area contributed by atoms with Crippen LogP contribution in [-0.2, 0) is 5.92 Å². The Morgan fingerprint density at radius 1 is 1.22 bits per heavy atom. The molecule has 138 valence electrons. The Kier molecular flexibility index (Phi) is 4.11. The molecule has 3 nitrogen and oxygen atoms in total. The summed E-state index contributed by atoms with van der Waals surface area (Å²) in [7, 11) is 0. The van der Waals surface area contributed by atoms with Crippen LogP contribution in [0, 0.1) is 17.1 Å². The van der Waals surface area contributed by atoms with Gasteiger partial charge in [-0.05, 0) is 30.2 Å². The molecular weight excluding hydrogens is 351 g/mol. The van der Waals surface area contributed by atoms with Crippen LogP contribution in [0.15, 0.2) is 54.4 Å². The molecule has 0 aliphatic carbocycles. The van der Waals surface area contributed by atoms with Crippen LogP contribution in [0.25, 0.3) is 0 Å². The Morgan fingerprint density at radius 2 is 2.04 bits per heavy atom. The van der Waals surface area contributed by atoms with E-state index in [4.69, 9.17) is 5.26 Å². The van der Waals surface area contributed by atoms with Gasteiger partial charge in [0.05, 0.1) is 24.3 Å². The fourth-order valence-electron chi connectivity index (χ4n) is 3.98. The number of hydrogen-bond donors (Lipinski definition) is 1. The molecule has 1 fully saturated rings. The second-order valence-electron chi connectivity index (χ2n) is 7.07.